The summed E-state index contributed by atoms with van der Waals surface area (Å²) in [7, 11) is 0. The van der Waals surface area contributed by atoms with E-state index in [4.69, 9.17) is 5.73 Å². The van der Waals surface area contributed by atoms with Gasteiger partial charge in [0.05, 0.1) is 0 Å². The van der Waals surface area contributed by atoms with Gasteiger partial charge in [-0.2, -0.15) is 0 Å². The summed E-state index contributed by atoms with van der Waals surface area (Å²) in [4.78, 5) is 12.9. The van der Waals surface area contributed by atoms with Crippen molar-refractivity contribution in [2.24, 2.45) is 5.73 Å². The second-order valence-electron chi connectivity index (χ2n) is 3.27. The summed E-state index contributed by atoms with van der Waals surface area (Å²) in [5, 5.41) is 0. The van der Waals surface area contributed by atoms with E-state index in [9.17, 15) is 4.79 Å². The first-order chi connectivity index (χ1) is 5.70. The molecule has 0 atom stereocenters. The van der Waals surface area contributed by atoms with Gasteiger partial charge in [0.1, 0.15) is 0 Å². The maximum Gasteiger partial charge on any atom is 0.244 e. The number of likely N-dealkylation sites (tertiary alicyclic amines) is 1. The molecule has 0 spiro atoms. The lowest BCUT2D eigenvalue weighted by molar-refractivity contribution is -0.114. The molecule has 1 saturated heterocycles. The second-order valence-corrected chi connectivity index (χ2v) is 3.27. The number of carbonyl (C=O) groups is 1. The fraction of sp³-hybridized carbons (Fsp3) is 0.667. The van der Waals surface area contributed by atoms with E-state index >= 15 is 0 Å². The van der Waals surface area contributed by atoms with Gasteiger partial charge in [0.2, 0.25) is 5.91 Å². The molecule has 1 rings (SSSR count). The van der Waals surface area contributed by atoms with Crippen molar-refractivity contribution in [2.75, 3.05) is 19.6 Å². The fourth-order valence-electron chi connectivity index (χ4n) is 1.42. The first-order valence-corrected chi connectivity index (χ1v) is 4.40. The van der Waals surface area contributed by atoms with Crippen LogP contribution in [0.5, 0.6) is 0 Å². The zero-order valence-electron chi connectivity index (χ0n) is 7.38. The Bertz CT molecular complexity index is 183. The van der Waals surface area contributed by atoms with Crippen LogP contribution < -0.4 is 5.73 Å². The first kappa shape index (κ1) is 9.26. The predicted octanol–water partition coefficient (Wildman–Crippen LogP) is 0.514. The smallest absolute Gasteiger partial charge is 0.244 e. The highest BCUT2D eigenvalue weighted by atomic mass is 16.1. The number of carbonyl (C=O) groups excluding carboxylic acids is 1. The third-order valence-corrected chi connectivity index (χ3v) is 2.28. The molecule has 0 aromatic rings. The second kappa shape index (κ2) is 4.26. The van der Waals surface area contributed by atoms with Crippen molar-refractivity contribution in [3.63, 3.8) is 0 Å². The van der Waals surface area contributed by atoms with E-state index in [-0.39, 0.29) is 5.91 Å². The Balaban J connectivity index is 2.16. The SMILES string of the molecule is C=C(CCN1CCCC1)C(N)=O. The van der Waals surface area contributed by atoms with Crippen molar-refractivity contribution >= 4 is 5.91 Å². The van der Waals surface area contributed by atoms with Crippen molar-refractivity contribution < 1.29 is 4.79 Å². The molecule has 0 unspecified atom stereocenters. The third kappa shape index (κ3) is 2.66. The number of amides is 1. The molecule has 0 aromatic carbocycles. The van der Waals surface area contributed by atoms with E-state index < -0.39 is 0 Å². The summed E-state index contributed by atoms with van der Waals surface area (Å²) < 4.78 is 0. The number of nitrogens with two attached hydrogens (primary N) is 1. The van der Waals surface area contributed by atoms with Gasteiger partial charge in [-0.05, 0) is 32.4 Å². The van der Waals surface area contributed by atoms with Crippen LogP contribution in [0.3, 0.4) is 0 Å². The lowest BCUT2D eigenvalue weighted by atomic mass is 10.2. The molecule has 1 heterocycles. The van der Waals surface area contributed by atoms with E-state index in [0.29, 0.717) is 5.57 Å². The minimum absolute atomic E-state index is 0.366. The Morgan fingerprint density at radius 3 is 2.50 bits per heavy atom. The van der Waals surface area contributed by atoms with Gasteiger partial charge in [0.15, 0.2) is 0 Å². The molecule has 1 fully saturated rings. The Morgan fingerprint density at radius 2 is 2.00 bits per heavy atom. The highest BCUT2D eigenvalue weighted by molar-refractivity contribution is 5.91. The molecule has 0 aliphatic carbocycles. The monoisotopic (exact) mass is 168 g/mol. The molecule has 0 bridgehead atoms. The summed E-state index contributed by atoms with van der Waals surface area (Å²) in [5.74, 6) is -0.366. The number of nitrogens with zero attached hydrogens (tertiary/aromatic N) is 1. The average Bonchev–Trinajstić information content (AvgIpc) is 2.51. The molecule has 12 heavy (non-hydrogen) atoms. The van der Waals surface area contributed by atoms with Crippen LogP contribution in [0, 0.1) is 0 Å². The molecule has 3 heteroatoms. The van der Waals surface area contributed by atoms with E-state index in [1.807, 2.05) is 0 Å². The van der Waals surface area contributed by atoms with Crippen LogP contribution in [0.4, 0.5) is 0 Å². The van der Waals surface area contributed by atoms with E-state index in [2.05, 4.69) is 11.5 Å². The molecular formula is C9H16N2O. The molecule has 1 amide bonds. The van der Waals surface area contributed by atoms with Crippen LogP contribution >= 0.6 is 0 Å². The van der Waals surface area contributed by atoms with Gasteiger partial charge >= 0.3 is 0 Å². The van der Waals surface area contributed by atoms with Gasteiger partial charge in [-0.3, -0.25) is 4.79 Å². The van der Waals surface area contributed by atoms with Gasteiger partial charge in [-0.1, -0.05) is 6.58 Å². The number of rotatable bonds is 4. The Morgan fingerprint density at radius 1 is 1.42 bits per heavy atom. The van der Waals surface area contributed by atoms with Crippen molar-refractivity contribution in [3.8, 4) is 0 Å². The van der Waals surface area contributed by atoms with Crippen LogP contribution in [0.15, 0.2) is 12.2 Å². The molecular weight excluding hydrogens is 152 g/mol. The van der Waals surface area contributed by atoms with Gasteiger partial charge in [0.25, 0.3) is 0 Å². The number of hydrogen-bond donors (Lipinski definition) is 1. The van der Waals surface area contributed by atoms with Gasteiger partial charge in [0, 0.05) is 12.1 Å². The van der Waals surface area contributed by atoms with Crippen molar-refractivity contribution in [1.82, 2.24) is 4.90 Å². The minimum Gasteiger partial charge on any atom is -0.366 e. The maximum atomic E-state index is 10.6. The molecule has 0 aromatic heterocycles. The topological polar surface area (TPSA) is 46.3 Å². The highest BCUT2D eigenvalue weighted by Crippen LogP contribution is 2.09. The average molecular weight is 168 g/mol. The predicted molar refractivity (Wildman–Crippen MR) is 48.6 cm³/mol. The zero-order chi connectivity index (χ0) is 8.97. The van der Waals surface area contributed by atoms with Crippen LogP contribution in [0.1, 0.15) is 19.3 Å². The van der Waals surface area contributed by atoms with Crippen molar-refractivity contribution in [1.29, 1.82) is 0 Å². The largest absolute Gasteiger partial charge is 0.366 e. The van der Waals surface area contributed by atoms with Crippen LogP contribution in [0.2, 0.25) is 0 Å². The van der Waals surface area contributed by atoms with E-state index in [0.717, 1.165) is 26.1 Å². The molecule has 1 aliphatic heterocycles. The Hall–Kier alpha value is -0.830. The number of primary amides is 1. The number of hydrogen-bond acceptors (Lipinski definition) is 2. The van der Waals surface area contributed by atoms with Crippen LogP contribution in [-0.2, 0) is 4.79 Å². The highest BCUT2D eigenvalue weighted by Gasteiger charge is 2.11. The quantitative estimate of drug-likeness (QED) is 0.622. The molecule has 68 valence electrons. The standard InChI is InChI=1S/C9H16N2O/c1-8(9(10)12)4-7-11-5-2-3-6-11/h1-7H2,(H2,10,12). The lowest BCUT2D eigenvalue weighted by Crippen LogP contribution is -2.23. The van der Waals surface area contributed by atoms with Gasteiger partial charge in [-0.25, -0.2) is 0 Å². The molecule has 1 aliphatic rings. The Kier molecular flexibility index (Phi) is 3.29. The van der Waals surface area contributed by atoms with Crippen molar-refractivity contribution in [3.05, 3.63) is 12.2 Å². The maximum absolute atomic E-state index is 10.6. The van der Waals surface area contributed by atoms with Crippen LogP contribution in [-0.4, -0.2) is 30.4 Å². The summed E-state index contributed by atoms with van der Waals surface area (Å²) >= 11 is 0. The zero-order valence-corrected chi connectivity index (χ0v) is 7.38. The lowest BCUT2D eigenvalue weighted by Gasteiger charge is -2.13. The molecule has 0 saturated carbocycles. The molecule has 0 radical (unpaired) electrons. The summed E-state index contributed by atoms with van der Waals surface area (Å²) in [5.41, 5.74) is 5.61. The van der Waals surface area contributed by atoms with Gasteiger partial charge in [-0.15, -0.1) is 0 Å². The molecule has 3 nitrogen and oxygen atoms in total. The summed E-state index contributed by atoms with van der Waals surface area (Å²) in [6.45, 7) is 6.86. The van der Waals surface area contributed by atoms with E-state index in [1.54, 1.807) is 0 Å². The van der Waals surface area contributed by atoms with E-state index in [1.165, 1.54) is 12.8 Å². The van der Waals surface area contributed by atoms with Crippen LogP contribution in [0.25, 0.3) is 0 Å². The Labute approximate surface area is 73.2 Å². The minimum atomic E-state index is -0.366. The molecule has 2 N–H and O–H groups in total. The first-order valence-electron chi connectivity index (χ1n) is 4.40. The summed E-state index contributed by atoms with van der Waals surface area (Å²) in [6.07, 6.45) is 3.28. The third-order valence-electron chi connectivity index (χ3n) is 2.28. The van der Waals surface area contributed by atoms with Crippen molar-refractivity contribution in [2.45, 2.75) is 19.3 Å². The summed E-state index contributed by atoms with van der Waals surface area (Å²) in [6, 6.07) is 0. The normalized spacial score (nSPS) is 18.0. The fourth-order valence-corrected chi connectivity index (χ4v) is 1.42. The van der Waals surface area contributed by atoms with Gasteiger partial charge < -0.3 is 10.6 Å².